The lowest BCUT2D eigenvalue weighted by atomic mass is 10.1. The maximum absolute atomic E-state index is 12.2. The van der Waals surface area contributed by atoms with Crippen LogP contribution in [0.2, 0.25) is 0 Å². The van der Waals surface area contributed by atoms with Gasteiger partial charge in [0.15, 0.2) is 11.6 Å². The van der Waals surface area contributed by atoms with Crippen LogP contribution in [0.1, 0.15) is 137 Å². The molecule has 0 aliphatic carbocycles. The molecule has 536 valence electrons. The minimum atomic E-state index is -0.518. The molecular weight excluding hydrogens is 1300 g/mol. The predicted octanol–water partition coefficient (Wildman–Crippen LogP) is 14.4. The Bertz CT molecular complexity index is 3850. The van der Waals surface area contributed by atoms with Gasteiger partial charge in [0, 0.05) is 149 Å². The van der Waals surface area contributed by atoms with E-state index in [0.29, 0.717) is 26.2 Å². The Hall–Kier alpha value is -7.86. The number of rotatable bonds is 27. The number of hydrogen-bond acceptors (Lipinski definition) is 18. The van der Waals surface area contributed by atoms with Gasteiger partial charge in [-0.1, -0.05) is 50.0 Å². The lowest BCUT2D eigenvalue weighted by Gasteiger charge is -2.34. The maximum atomic E-state index is 12.2. The van der Waals surface area contributed by atoms with E-state index in [2.05, 4.69) is 119 Å². The fourth-order valence-electron chi connectivity index (χ4n) is 11.8. The van der Waals surface area contributed by atoms with Gasteiger partial charge in [-0.15, -0.1) is 0 Å². The number of methoxy groups -OCH3 is 4. The number of benzene rings is 4. The van der Waals surface area contributed by atoms with E-state index < -0.39 is 11.2 Å². The first-order chi connectivity index (χ1) is 46.6. The number of nitrogens with one attached hydrogen (secondary N) is 5. The highest BCUT2D eigenvalue weighted by Gasteiger charge is 2.24. The van der Waals surface area contributed by atoms with Gasteiger partial charge in [-0.25, -0.2) is 29.5 Å². The topological polar surface area (TPSA) is 221 Å². The summed E-state index contributed by atoms with van der Waals surface area (Å²) in [4.78, 5) is 52.1. The van der Waals surface area contributed by atoms with Crippen LogP contribution in [0, 0.1) is 0 Å². The number of anilines is 3. The molecule has 0 unspecified atom stereocenters. The van der Waals surface area contributed by atoms with Crippen molar-refractivity contribution in [1.82, 2.24) is 54.8 Å². The molecule has 4 aromatic heterocycles. The van der Waals surface area contributed by atoms with Gasteiger partial charge >= 0.3 is 12.2 Å². The summed E-state index contributed by atoms with van der Waals surface area (Å²) in [6.45, 7) is 28.1. The van der Waals surface area contributed by atoms with Gasteiger partial charge in [0.05, 0.1) is 50.5 Å². The van der Waals surface area contributed by atoms with Gasteiger partial charge in [-0.05, 0) is 155 Å². The number of hydrogen-bond donors (Lipinski definition) is 5. The number of halogens is 1. The number of ether oxygens (including phenoxy) is 6. The molecule has 5 N–H and O–H groups in total. The number of alkyl carbamates (subject to hydrolysis) is 2. The summed E-state index contributed by atoms with van der Waals surface area (Å²) in [6.07, 6.45) is 8.66. The van der Waals surface area contributed by atoms with Crippen LogP contribution >= 0.6 is 15.9 Å². The average molecular weight is 1420 g/mol. The van der Waals surface area contributed by atoms with E-state index in [1.54, 1.807) is 28.4 Å². The highest BCUT2D eigenvalue weighted by molar-refractivity contribution is 9.10. The molecule has 2 saturated heterocycles. The molecule has 2 aliphatic rings. The van der Waals surface area contributed by atoms with E-state index in [9.17, 15) is 9.59 Å². The number of imidazole rings is 2. The number of carbonyl (C=O) groups excluding carboxylic acids is 2. The Balaban J connectivity index is 0.000000250. The van der Waals surface area contributed by atoms with Crippen molar-refractivity contribution in [2.75, 3.05) is 124 Å². The van der Waals surface area contributed by atoms with Crippen molar-refractivity contribution in [3.8, 4) is 23.0 Å². The van der Waals surface area contributed by atoms with E-state index in [-0.39, 0.29) is 19.6 Å². The van der Waals surface area contributed by atoms with Crippen molar-refractivity contribution >= 4 is 89.3 Å². The summed E-state index contributed by atoms with van der Waals surface area (Å²) in [5.74, 6) is 6.60. The third kappa shape index (κ3) is 22.1. The Morgan fingerprint density at radius 1 is 0.541 bits per heavy atom. The summed E-state index contributed by atoms with van der Waals surface area (Å²) < 4.78 is 38.6. The van der Waals surface area contributed by atoms with E-state index in [1.807, 2.05) is 90.1 Å². The molecule has 2 aliphatic heterocycles. The molecule has 0 bridgehead atoms. The van der Waals surface area contributed by atoms with Crippen LogP contribution in [0.4, 0.5) is 26.9 Å². The highest BCUT2D eigenvalue weighted by Crippen LogP contribution is 2.37. The lowest BCUT2D eigenvalue weighted by Crippen LogP contribution is -2.44. The molecule has 2 fully saturated rings. The minimum Gasteiger partial charge on any atom is -0.497 e. The number of amides is 2. The third-order valence-electron chi connectivity index (χ3n) is 17.0. The summed E-state index contributed by atoms with van der Waals surface area (Å²) in [6, 6.07) is 24.5. The van der Waals surface area contributed by atoms with Gasteiger partial charge in [0.25, 0.3) is 0 Å². The van der Waals surface area contributed by atoms with Crippen LogP contribution < -0.4 is 50.4 Å². The Morgan fingerprint density at radius 2 is 0.990 bits per heavy atom. The number of aromatic nitrogens is 6. The van der Waals surface area contributed by atoms with Crippen molar-refractivity contribution in [2.24, 2.45) is 0 Å². The number of likely N-dealkylation sites (N-methyl/N-ethyl adjacent to an activating group) is 2. The van der Waals surface area contributed by atoms with Gasteiger partial charge in [0.1, 0.15) is 56.9 Å². The molecule has 0 atom stereocenters. The van der Waals surface area contributed by atoms with Crippen LogP contribution in [0.5, 0.6) is 23.0 Å². The molecule has 10 rings (SSSR count). The zero-order chi connectivity index (χ0) is 69.7. The second kappa shape index (κ2) is 37.4. The zero-order valence-electron chi connectivity index (χ0n) is 60.1. The largest absolute Gasteiger partial charge is 0.497 e. The smallest absolute Gasteiger partial charge is 0.407 e. The van der Waals surface area contributed by atoms with E-state index >= 15 is 0 Å². The fraction of sp³-hybridized carbons (Fsp3) is 0.547. The SMILES string of the molecule is C.CCCCc1nc2c(NCc3ccc(OC)cc3OC)nc3ccc(Br)cc3c2n1CCCCNC(=O)OC(C)(C)C.CCCCc1nc2c(NCc3ccc(OC)cc3OC)nc3ccc(N4CCN(C)CC4)cc3c2n1CCCCNC(=O)OC(C)(C)C.CN1CCNCC1. The predicted molar refractivity (Wildman–Crippen MR) is 402 cm³/mol. The molecule has 4 aromatic carbocycles. The monoisotopic (exact) mass is 1410 g/mol. The number of aryl methyl sites for hydroxylation is 4. The van der Waals surface area contributed by atoms with Crippen molar-refractivity contribution in [3.63, 3.8) is 0 Å². The summed E-state index contributed by atoms with van der Waals surface area (Å²) >= 11 is 3.66. The number of nitrogens with zero attached hydrogens (tertiary/aromatic N) is 9. The number of unbranched alkanes of at least 4 members (excludes halogenated alkanes) is 4. The molecule has 98 heavy (non-hydrogen) atoms. The number of piperazine rings is 2. The summed E-state index contributed by atoms with van der Waals surface area (Å²) in [7, 11) is 11.0. The second-order valence-electron chi connectivity index (χ2n) is 26.9. The molecular formula is C75H111BrN14O8. The van der Waals surface area contributed by atoms with E-state index in [4.69, 9.17) is 48.4 Å². The number of carbonyl (C=O) groups is 2. The molecule has 0 spiro atoms. The van der Waals surface area contributed by atoms with Gasteiger partial charge in [-0.2, -0.15) is 0 Å². The van der Waals surface area contributed by atoms with Crippen molar-refractivity contribution < 1.29 is 38.0 Å². The number of pyridine rings is 2. The summed E-state index contributed by atoms with van der Waals surface area (Å²) in [5.41, 5.74) is 7.90. The first kappa shape index (κ1) is 77.5. The molecule has 23 heteroatoms. The van der Waals surface area contributed by atoms with Crippen molar-refractivity contribution in [2.45, 2.75) is 164 Å². The first-order valence-corrected chi connectivity index (χ1v) is 35.4. The highest BCUT2D eigenvalue weighted by atomic mass is 79.9. The molecule has 8 aromatic rings. The maximum Gasteiger partial charge on any atom is 0.407 e. The Morgan fingerprint density at radius 3 is 1.41 bits per heavy atom. The zero-order valence-corrected chi connectivity index (χ0v) is 61.7. The summed E-state index contributed by atoms with van der Waals surface area (Å²) in [5, 5.41) is 18.4. The molecule has 22 nitrogen and oxygen atoms in total. The van der Waals surface area contributed by atoms with Gasteiger partial charge in [-0.3, -0.25) is 0 Å². The van der Waals surface area contributed by atoms with Crippen LogP contribution in [0.3, 0.4) is 0 Å². The van der Waals surface area contributed by atoms with Crippen LogP contribution in [0.25, 0.3) is 43.9 Å². The second-order valence-corrected chi connectivity index (χ2v) is 27.8. The van der Waals surface area contributed by atoms with E-state index in [1.165, 1.54) is 18.8 Å². The standard InChI is InChI=1S/C37H53N7O4.C32H42BrN5O4.C5H12N2.CH4/c1-8-9-12-32-41-33-34(44(32)18-11-10-17-38-36(45)48-37(2,3)4)29-23-27(43-21-19-42(5)20-22-43)14-16-30(29)40-35(33)39-25-26-13-15-28(46-6)24-31(26)47-7;1-7-8-11-27-37-28-29(38(27)17-10-9-16-34-31(39)42-32(2,3)4)24-18-22(33)13-15-25(24)36-30(28)35-20-21-12-14-23(40-5)19-26(21)41-6;1-7-4-2-6-3-5-7;/h13-16,23-24H,8-12,17-22,25H2,1-7H3,(H,38,45)(H,39,40);12-15,18-19H,7-11,16-17,20H2,1-6H3,(H,34,39)(H,35,36);6H,2-5H2,1H3;1H4. The Labute approximate surface area is 590 Å². The lowest BCUT2D eigenvalue weighted by molar-refractivity contribution is 0.0515. The fourth-order valence-corrected chi connectivity index (χ4v) is 12.2. The van der Waals surface area contributed by atoms with Gasteiger partial charge in [0.2, 0.25) is 0 Å². The van der Waals surface area contributed by atoms with Crippen molar-refractivity contribution in [3.05, 3.63) is 100 Å². The molecule has 0 saturated carbocycles. The van der Waals surface area contributed by atoms with E-state index in [0.717, 1.165) is 222 Å². The quantitative estimate of drug-likeness (QED) is 0.0302. The van der Waals surface area contributed by atoms with Crippen LogP contribution in [-0.4, -0.2) is 170 Å². The van der Waals surface area contributed by atoms with Crippen LogP contribution in [0.15, 0.2) is 77.3 Å². The van der Waals surface area contributed by atoms with Gasteiger partial charge < -0.3 is 78.8 Å². The first-order valence-electron chi connectivity index (χ1n) is 34.6. The molecule has 2 amide bonds. The molecule has 6 heterocycles. The van der Waals surface area contributed by atoms with Crippen molar-refractivity contribution in [1.29, 1.82) is 0 Å². The molecule has 0 radical (unpaired) electrons. The normalized spacial score (nSPS) is 13.6. The third-order valence-corrected chi connectivity index (χ3v) is 17.5. The minimum absolute atomic E-state index is 0. The Kier molecular flexibility index (Phi) is 29.5. The average Bonchev–Trinajstić information content (AvgIpc) is 1.57. The van der Waals surface area contributed by atoms with Crippen LogP contribution in [-0.2, 0) is 48.5 Å². The number of fused-ring (bicyclic) bond motifs is 6.